The molecule has 4 rings (SSSR count). The van der Waals surface area contributed by atoms with Crippen LogP contribution in [0, 0.1) is 38.2 Å². The summed E-state index contributed by atoms with van der Waals surface area (Å²) in [6, 6.07) is 7.36. The van der Waals surface area contributed by atoms with E-state index < -0.39 is 28.6 Å². The summed E-state index contributed by atoms with van der Waals surface area (Å²) in [5.74, 6) is -1.85. The smallest absolute Gasteiger partial charge is 0.276 e. The van der Waals surface area contributed by atoms with Gasteiger partial charge >= 0.3 is 0 Å². The molecule has 38 heavy (non-hydrogen) atoms. The average molecular weight is 589 g/mol. The normalized spacial score (nSPS) is 11.6. The first-order chi connectivity index (χ1) is 17.8. The van der Waals surface area contributed by atoms with Gasteiger partial charge in [-0.25, -0.2) is 23.1 Å². The Bertz CT molecular complexity index is 1620. The number of hydrogen-bond acceptors (Lipinski definition) is 6. The number of benzene rings is 2. The van der Waals surface area contributed by atoms with Gasteiger partial charge in [0.25, 0.3) is 5.56 Å². The molecule has 0 fully saturated rings. The molecule has 0 atom stereocenters. The number of nitrogens with zero attached hydrogens (tertiary/aromatic N) is 4. The lowest BCUT2D eigenvalue weighted by Gasteiger charge is -2.18. The quantitative estimate of drug-likeness (QED) is 0.315. The Balaban J connectivity index is 1.75. The van der Waals surface area contributed by atoms with Crippen LogP contribution in [0.5, 0.6) is 5.88 Å². The molecule has 198 valence electrons. The van der Waals surface area contributed by atoms with Crippen molar-refractivity contribution in [3.8, 4) is 22.8 Å². The summed E-state index contributed by atoms with van der Waals surface area (Å²) in [7, 11) is 0. The molecule has 11 heteroatoms. The van der Waals surface area contributed by atoms with E-state index in [9.17, 15) is 23.1 Å². The van der Waals surface area contributed by atoms with E-state index in [1.165, 1.54) is 31.4 Å². The van der Waals surface area contributed by atoms with Gasteiger partial charge in [0.05, 0.1) is 11.9 Å². The molecule has 0 amide bonds. The first kappa shape index (κ1) is 27.5. The molecule has 0 unspecified atom stereocenters. The fourth-order valence-corrected chi connectivity index (χ4v) is 4.18. The summed E-state index contributed by atoms with van der Waals surface area (Å²) in [6.07, 6.45) is 0.988. The number of rotatable bonds is 6. The zero-order chi connectivity index (χ0) is 27.9. The van der Waals surface area contributed by atoms with Gasteiger partial charge in [-0.2, -0.15) is 4.98 Å². The summed E-state index contributed by atoms with van der Waals surface area (Å²) >= 11 is 3.23. The van der Waals surface area contributed by atoms with E-state index in [0.717, 1.165) is 12.3 Å². The maximum Gasteiger partial charge on any atom is 0.276 e. The lowest BCUT2D eigenvalue weighted by atomic mass is 10.1. The molecule has 0 bridgehead atoms. The lowest BCUT2D eigenvalue weighted by Crippen LogP contribution is -2.24. The zero-order valence-corrected chi connectivity index (χ0v) is 22.8. The molecule has 0 spiro atoms. The summed E-state index contributed by atoms with van der Waals surface area (Å²) in [4.78, 5) is 25.8. The molecule has 0 saturated heterocycles. The standard InChI is InChI=1S/C27H24BrF3N4O3/c1-13-6-7-16(23-19(30)11-32-26(34-23)27(4,5)37)10-20(13)35-15(3)33-24(21(28)25(35)36)38-12-17-8-9-18(29)14(2)22(17)31/h6-11,37H,12H2,1-5H3. The van der Waals surface area contributed by atoms with E-state index in [0.29, 0.717) is 16.8 Å². The Morgan fingerprint density at radius 3 is 2.45 bits per heavy atom. The van der Waals surface area contributed by atoms with Gasteiger partial charge in [0.1, 0.15) is 39.8 Å². The van der Waals surface area contributed by atoms with E-state index in [1.54, 1.807) is 32.0 Å². The van der Waals surface area contributed by atoms with Crippen LogP contribution in [0.25, 0.3) is 16.9 Å². The summed E-state index contributed by atoms with van der Waals surface area (Å²) in [6.45, 7) is 7.40. The van der Waals surface area contributed by atoms with Crippen molar-refractivity contribution in [3.63, 3.8) is 0 Å². The van der Waals surface area contributed by atoms with Crippen molar-refractivity contribution in [2.75, 3.05) is 0 Å². The van der Waals surface area contributed by atoms with Gasteiger partial charge in [-0.05, 0) is 74.3 Å². The third-order valence-corrected chi connectivity index (χ3v) is 6.62. The van der Waals surface area contributed by atoms with Gasteiger partial charge in [-0.3, -0.25) is 9.36 Å². The average Bonchev–Trinajstić information content (AvgIpc) is 2.85. The fraction of sp³-hybridized carbons (Fsp3) is 0.259. The molecule has 1 N–H and O–H groups in total. The number of hydrogen-bond donors (Lipinski definition) is 1. The molecular formula is C27H24BrF3N4O3. The molecule has 2 heterocycles. The molecule has 0 aliphatic carbocycles. The number of halogens is 4. The van der Waals surface area contributed by atoms with Crippen LogP contribution in [0.15, 0.2) is 45.8 Å². The summed E-state index contributed by atoms with van der Waals surface area (Å²) in [5.41, 5.74) is -0.466. The molecule has 4 aromatic rings. The first-order valence-corrected chi connectivity index (χ1v) is 12.3. The summed E-state index contributed by atoms with van der Waals surface area (Å²) < 4.78 is 49.6. The van der Waals surface area contributed by atoms with Crippen molar-refractivity contribution in [1.29, 1.82) is 0 Å². The van der Waals surface area contributed by atoms with Crippen molar-refractivity contribution >= 4 is 15.9 Å². The Kier molecular flexibility index (Phi) is 7.44. The topological polar surface area (TPSA) is 90.1 Å². The van der Waals surface area contributed by atoms with E-state index in [1.807, 2.05) is 0 Å². The number of ether oxygens (including phenoxy) is 1. The lowest BCUT2D eigenvalue weighted by molar-refractivity contribution is 0.0686. The first-order valence-electron chi connectivity index (χ1n) is 11.5. The minimum absolute atomic E-state index is 0.00956. The van der Waals surface area contributed by atoms with Gasteiger partial charge in [0.2, 0.25) is 5.88 Å². The van der Waals surface area contributed by atoms with E-state index in [-0.39, 0.29) is 45.4 Å². The predicted molar refractivity (Wildman–Crippen MR) is 139 cm³/mol. The predicted octanol–water partition coefficient (Wildman–Crippen LogP) is 5.60. The summed E-state index contributed by atoms with van der Waals surface area (Å²) in [5, 5.41) is 10.3. The Hall–Kier alpha value is -3.57. The monoisotopic (exact) mass is 588 g/mol. The third kappa shape index (κ3) is 5.21. The van der Waals surface area contributed by atoms with Crippen LogP contribution in [-0.4, -0.2) is 24.6 Å². The molecule has 0 radical (unpaired) electrons. The van der Waals surface area contributed by atoms with Crippen molar-refractivity contribution in [2.24, 2.45) is 0 Å². The highest BCUT2D eigenvalue weighted by atomic mass is 79.9. The van der Waals surface area contributed by atoms with Crippen LogP contribution in [0.2, 0.25) is 0 Å². The third-order valence-electron chi connectivity index (χ3n) is 5.95. The van der Waals surface area contributed by atoms with Gasteiger partial charge in [0, 0.05) is 16.7 Å². The van der Waals surface area contributed by atoms with Gasteiger partial charge in [-0.1, -0.05) is 12.1 Å². The number of aliphatic hydroxyl groups is 1. The fourth-order valence-electron chi connectivity index (χ4n) is 3.80. The molecule has 0 aliphatic heterocycles. The molecule has 0 aliphatic rings. The van der Waals surface area contributed by atoms with Crippen LogP contribution >= 0.6 is 15.9 Å². The van der Waals surface area contributed by atoms with Crippen molar-refractivity contribution in [3.05, 3.63) is 97.1 Å². The van der Waals surface area contributed by atoms with Crippen molar-refractivity contribution in [2.45, 2.75) is 46.8 Å². The highest BCUT2D eigenvalue weighted by Crippen LogP contribution is 2.29. The molecule has 0 saturated carbocycles. The Labute approximate surface area is 225 Å². The number of aromatic nitrogens is 4. The van der Waals surface area contributed by atoms with Crippen LogP contribution in [-0.2, 0) is 12.2 Å². The van der Waals surface area contributed by atoms with Crippen LogP contribution in [0.3, 0.4) is 0 Å². The molecule has 7 nitrogen and oxygen atoms in total. The second-order valence-corrected chi connectivity index (χ2v) is 10.1. The van der Waals surface area contributed by atoms with Crippen molar-refractivity contribution in [1.82, 2.24) is 19.5 Å². The van der Waals surface area contributed by atoms with Crippen molar-refractivity contribution < 1.29 is 23.0 Å². The zero-order valence-electron chi connectivity index (χ0n) is 21.2. The van der Waals surface area contributed by atoms with Crippen LogP contribution in [0.4, 0.5) is 13.2 Å². The maximum absolute atomic E-state index is 14.7. The van der Waals surface area contributed by atoms with Crippen LogP contribution < -0.4 is 10.3 Å². The van der Waals surface area contributed by atoms with Gasteiger partial charge in [0.15, 0.2) is 11.6 Å². The second-order valence-electron chi connectivity index (χ2n) is 9.30. The minimum atomic E-state index is -1.39. The largest absolute Gasteiger partial charge is 0.472 e. The van der Waals surface area contributed by atoms with Gasteiger partial charge in [-0.15, -0.1) is 0 Å². The van der Waals surface area contributed by atoms with E-state index >= 15 is 0 Å². The van der Waals surface area contributed by atoms with E-state index in [2.05, 4.69) is 30.9 Å². The molecule has 2 aromatic carbocycles. The highest BCUT2D eigenvalue weighted by molar-refractivity contribution is 9.10. The Morgan fingerprint density at radius 2 is 1.76 bits per heavy atom. The number of aryl methyl sites for hydroxylation is 2. The molecular weight excluding hydrogens is 565 g/mol. The Morgan fingerprint density at radius 1 is 1.05 bits per heavy atom. The molecule has 2 aromatic heterocycles. The second kappa shape index (κ2) is 10.3. The van der Waals surface area contributed by atoms with E-state index in [4.69, 9.17) is 4.74 Å². The SMILES string of the molecule is Cc1ccc(-c2nc(C(C)(C)O)ncc2F)cc1-n1c(C)nc(OCc2ccc(F)c(C)c2F)c(Br)c1=O. The minimum Gasteiger partial charge on any atom is -0.472 e. The van der Waals surface area contributed by atoms with Crippen LogP contribution in [0.1, 0.15) is 42.2 Å². The van der Waals surface area contributed by atoms with Gasteiger partial charge < -0.3 is 9.84 Å². The maximum atomic E-state index is 14.7. The highest BCUT2D eigenvalue weighted by Gasteiger charge is 2.23.